The molecular weight excluding hydrogens is 310 g/mol. The molecule has 1 atom stereocenters. The summed E-state index contributed by atoms with van der Waals surface area (Å²) in [6.07, 6.45) is -0.952. The second kappa shape index (κ2) is 8.12. The van der Waals surface area contributed by atoms with E-state index in [0.717, 1.165) is 5.56 Å². The van der Waals surface area contributed by atoms with Crippen molar-refractivity contribution in [1.82, 2.24) is 5.32 Å². The number of aliphatic hydroxyl groups is 1. The number of ether oxygens (including phenoxy) is 1. The summed E-state index contributed by atoms with van der Waals surface area (Å²) in [5.74, 6) is -1.33. The van der Waals surface area contributed by atoms with Crippen molar-refractivity contribution in [1.29, 1.82) is 0 Å². The summed E-state index contributed by atoms with van der Waals surface area (Å²) in [5, 5.41) is 21.4. The van der Waals surface area contributed by atoms with E-state index in [-0.39, 0.29) is 13.0 Å². The van der Waals surface area contributed by atoms with Crippen molar-refractivity contribution in [2.75, 3.05) is 6.61 Å². The lowest BCUT2D eigenvalue weighted by atomic mass is 9.91. The molecule has 0 aliphatic rings. The third-order valence-electron chi connectivity index (χ3n) is 3.58. The lowest BCUT2D eigenvalue weighted by molar-refractivity contribution is -0.146. The highest BCUT2D eigenvalue weighted by molar-refractivity contribution is 5.85. The SMILES string of the molecule is O=C(N[C@](CO)(Cc1ccccc1)C(=O)O)OCc1ccccc1. The maximum atomic E-state index is 12.0. The van der Waals surface area contributed by atoms with Gasteiger partial charge >= 0.3 is 12.1 Å². The first-order valence-electron chi connectivity index (χ1n) is 7.43. The lowest BCUT2D eigenvalue weighted by Gasteiger charge is -2.28. The van der Waals surface area contributed by atoms with Crippen LogP contribution in [0, 0.1) is 0 Å². The van der Waals surface area contributed by atoms with Gasteiger partial charge in [-0.15, -0.1) is 0 Å². The third kappa shape index (κ3) is 4.57. The minimum Gasteiger partial charge on any atom is -0.479 e. The van der Waals surface area contributed by atoms with Crippen LogP contribution in [0.4, 0.5) is 4.79 Å². The number of hydrogen-bond acceptors (Lipinski definition) is 4. The van der Waals surface area contributed by atoms with Crippen LogP contribution in [0.2, 0.25) is 0 Å². The van der Waals surface area contributed by atoms with Crippen molar-refractivity contribution in [2.24, 2.45) is 0 Å². The molecule has 2 aromatic rings. The molecule has 2 rings (SSSR count). The molecule has 0 aliphatic carbocycles. The van der Waals surface area contributed by atoms with Gasteiger partial charge in [-0.25, -0.2) is 9.59 Å². The first kappa shape index (κ1) is 17.5. The van der Waals surface area contributed by atoms with Gasteiger partial charge in [0.1, 0.15) is 6.61 Å². The number of amides is 1. The monoisotopic (exact) mass is 329 g/mol. The Bertz CT molecular complexity index is 674. The van der Waals surface area contributed by atoms with Crippen LogP contribution in [-0.2, 0) is 22.6 Å². The van der Waals surface area contributed by atoms with E-state index in [1.165, 1.54) is 0 Å². The summed E-state index contributed by atoms with van der Waals surface area (Å²) < 4.78 is 5.05. The molecule has 0 heterocycles. The zero-order valence-electron chi connectivity index (χ0n) is 13.0. The number of aliphatic hydroxyl groups excluding tert-OH is 1. The lowest BCUT2D eigenvalue weighted by Crippen LogP contribution is -2.58. The van der Waals surface area contributed by atoms with E-state index in [0.29, 0.717) is 5.56 Å². The normalized spacial score (nSPS) is 12.9. The molecule has 0 saturated carbocycles. The number of carbonyl (C=O) groups is 2. The molecule has 0 bridgehead atoms. The van der Waals surface area contributed by atoms with Crippen LogP contribution in [0.25, 0.3) is 0 Å². The molecule has 6 heteroatoms. The third-order valence-corrected chi connectivity index (χ3v) is 3.58. The highest BCUT2D eigenvalue weighted by Gasteiger charge is 2.40. The van der Waals surface area contributed by atoms with E-state index >= 15 is 0 Å². The smallest absolute Gasteiger partial charge is 0.408 e. The van der Waals surface area contributed by atoms with E-state index in [1.807, 2.05) is 6.07 Å². The van der Waals surface area contributed by atoms with Gasteiger partial charge in [-0.3, -0.25) is 0 Å². The molecule has 3 N–H and O–H groups in total. The standard InChI is InChI=1S/C18H19NO5/c20-13-18(16(21)22,11-14-7-3-1-4-8-14)19-17(23)24-12-15-9-5-2-6-10-15/h1-10,20H,11-13H2,(H,19,23)(H,21,22)/t18-/m0/s1. The van der Waals surface area contributed by atoms with Gasteiger partial charge in [-0.1, -0.05) is 60.7 Å². The molecule has 0 fully saturated rings. The minimum absolute atomic E-state index is 0.0130. The summed E-state index contributed by atoms with van der Waals surface area (Å²) in [4.78, 5) is 23.6. The average Bonchev–Trinajstić information content (AvgIpc) is 2.61. The predicted octanol–water partition coefficient (Wildman–Crippen LogP) is 1.97. The zero-order chi connectivity index (χ0) is 17.4. The maximum Gasteiger partial charge on any atom is 0.408 e. The Balaban J connectivity index is 2.05. The number of hydrogen-bond donors (Lipinski definition) is 3. The summed E-state index contributed by atoms with van der Waals surface area (Å²) in [6, 6.07) is 17.8. The molecule has 2 aromatic carbocycles. The summed E-state index contributed by atoms with van der Waals surface area (Å²) in [5.41, 5.74) is -0.382. The van der Waals surface area contributed by atoms with Crippen LogP contribution in [0.3, 0.4) is 0 Å². The van der Waals surface area contributed by atoms with Gasteiger partial charge in [0, 0.05) is 6.42 Å². The van der Waals surface area contributed by atoms with E-state index in [9.17, 15) is 19.8 Å². The van der Waals surface area contributed by atoms with Crippen LogP contribution in [-0.4, -0.2) is 34.4 Å². The molecule has 0 aromatic heterocycles. The summed E-state index contributed by atoms with van der Waals surface area (Å²) >= 11 is 0. The van der Waals surface area contributed by atoms with Gasteiger partial charge in [-0.2, -0.15) is 0 Å². The average molecular weight is 329 g/mol. The Kier molecular flexibility index (Phi) is 5.92. The Hall–Kier alpha value is -2.86. The molecule has 0 aliphatic heterocycles. The Morgan fingerprint density at radius 1 is 0.958 bits per heavy atom. The Labute approximate surface area is 139 Å². The number of alkyl carbamates (subject to hydrolysis) is 1. The highest BCUT2D eigenvalue weighted by atomic mass is 16.5. The molecule has 1 amide bonds. The van der Waals surface area contributed by atoms with Gasteiger partial charge in [0.05, 0.1) is 6.61 Å². The first-order chi connectivity index (χ1) is 11.6. The number of carboxylic acids is 1. The van der Waals surface area contributed by atoms with Gasteiger partial charge < -0.3 is 20.3 Å². The number of nitrogens with one attached hydrogen (secondary N) is 1. The summed E-state index contributed by atoms with van der Waals surface area (Å²) in [6.45, 7) is -0.739. The van der Waals surface area contributed by atoms with Crippen LogP contribution < -0.4 is 5.32 Å². The molecule has 0 radical (unpaired) electrons. The van der Waals surface area contributed by atoms with Crippen molar-refractivity contribution >= 4 is 12.1 Å². The largest absolute Gasteiger partial charge is 0.479 e. The fraction of sp³-hybridized carbons (Fsp3) is 0.222. The number of carboxylic acid groups (broad SMARTS) is 1. The van der Waals surface area contributed by atoms with Crippen molar-refractivity contribution in [2.45, 2.75) is 18.6 Å². The Morgan fingerprint density at radius 2 is 1.50 bits per heavy atom. The van der Waals surface area contributed by atoms with Crippen LogP contribution in [0.5, 0.6) is 0 Å². The van der Waals surface area contributed by atoms with Crippen LogP contribution in [0.1, 0.15) is 11.1 Å². The van der Waals surface area contributed by atoms with Gasteiger partial charge in [0.25, 0.3) is 0 Å². The first-order valence-corrected chi connectivity index (χ1v) is 7.43. The van der Waals surface area contributed by atoms with Crippen LogP contribution in [0.15, 0.2) is 60.7 Å². The fourth-order valence-electron chi connectivity index (χ4n) is 2.24. The topological polar surface area (TPSA) is 95.9 Å². The fourth-order valence-corrected chi connectivity index (χ4v) is 2.24. The molecule has 0 saturated heterocycles. The highest BCUT2D eigenvalue weighted by Crippen LogP contribution is 2.15. The Morgan fingerprint density at radius 3 is 2.00 bits per heavy atom. The van der Waals surface area contributed by atoms with Gasteiger partial charge in [0.15, 0.2) is 5.54 Å². The van der Waals surface area contributed by atoms with E-state index in [4.69, 9.17) is 4.74 Å². The molecular formula is C18H19NO5. The maximum absolute atomic E-state index is 12.0. The molecule has 126 valence electrons. The molecule has 24 heavy (non-hydrogen) atoms. The van der Waals surface area contributed by atoms with Gasteiger partial charge in [0.2, 0.25) is 0 Å². The minimum atomic E-state index is -1.84. The number of aliphatic carboxylic acids is 1. The van der Waals surface area contributed by atoms with Gasteiger partial charge in [-0.05, 0) is 11.1 Å². The molecule has 6 nitrogen and oxygen atoms in total. The van der Waals surface area contributed by atoms with Crippen molar-refractivity contribution in [3.05, 3.63) is 71.8 Å². The number of carbonyl (C=O) groups excluding carboxylic acids is 1. The van der Waals surface area contributed by atoms with Crippen LogP contribution >= 0.6 is 0 Å². The predicted molar refractivity (Wildman–Crippen MR) is 87.4 cm³/mol. The van der Waals surface area contributed by atoms with Crippen molar-refractivity contribution in [3.8, 4) is 0 Å². The molecule has 0 spiro atoms. The second-order valence-electron chi connectivity index (χ2n) is 5.39. The number of rotatable bonds is 7. The van der Waals surface area contributed by atoms with Crippen molar-refractivity contribution in [3.63, 3.8) is 0 Å². The quantitative estimate of drug-likeness (QED) is 0.722. The van der Waals surface area contributed by atoms with E-state index in [2.05, 4.69) is 5.32 Å². The second-order valence-corrected chi connectivity index (χ2v) is 5.39. The van der Waals surface area contributed by atoms with E-state index < -0.39 is 24.2 Å². The molecule has 0 unspecified atom stereocenters. The van der Waals surface area contributed by atoms with Crippen molar-refractivity contribution < 1.29 is 24.5 Å². The van der Waals surface area contributed by atoms with E-state index in [1.54, 1.807) is 54.6 Å². The zero-order valence-corrected chi connectivity index (χ0v) is 13.0. The summed E-state index contributed by atoms with van der Waals surface area (Å²) in [7, 11) is 0. The number of benzene rings is 2.